The van der Waals surface area contributed by atoms with Crippen LogP contribution < -0.4 is 9.80 Å². The summed E-state index contributed by atoms with van der Waals surface area (Å²) in [4.78, 5) is 60.5. The number of hydrogen-bond acceptors (Lipinski definition) is 5. The molecule has 4 aromatic rings. The topological polar surface area (TPSA) is 95.0 Å². The summed E-state index contributed by atoms with van der Waals surface area (Å²) in [5, 5.41) is 10.6. The molecule has 2 saturated heterocycles. The number of phenols is 1. The van der Waals surface area contributed by atoms with Crippen molar-refractivity contribution in [3.63, 3.8) is 0 Å². The molecule has 0 spiro atoms. The number of carbonyl (C=O) groups is 4. The third-order valence-corrected chi connectivity index (χ3v) is 10.6. The minimum absolute atomic E-state index is 0.0727. The number of allylic oxidation sites excluding steroid dienone is 2. The summed E-state index contributed by atoms with van der Waals surface area (Å²) in [6.07, 6.45) is 2.60. The van der Waals surface area contributed by atoms with Gasteiger partial charge in [-0.25, -0.2) is 4.90 Å². The lowest BCUT2D eigenvalue weighted by atomic mass is 9.49. The molecule has 6 unspecified atom stereocenters. The van der Waals surface area contributed by atoms with Crippen LogP contribution in [-0.4, -0.2) is 28.7 Å². The van der Waals surface area contributed by atoms with Gasteiger partial charge in [-0.3, -0.25) is 24.1 Å². The third-order valence-electron chi connectivity index (χ3n) is 10.4. The van der Waals surface area contributed by atoms with Crippen molar-refractivity contribution in [2.75, 3.05) is 9.80 Å². The second-order valence-corrected chi connectivity index (χ2v) is 13.0. The van der Waals surface area contributed by atoms with Crippen LogP contribution in [0.3, 0.4) is 0 Å². The summed E-state index contributed by atoms with van der Waals surface area (Å²) in [5.41, 5.74) is 1.87. The number of anilines is 2. The van der Waals surface area contributed by atoms with Gasteiger partial charge in [-0.1, -0.05) is 90.0 Å². The quantitative estimate of drug-likeness (QED) is 0.208. The molecule has 0 aromatic heterocycles. The van der Waals surface area contributed by atoms with Crippen LogP contribution in [0.15, 0.2) is 121 Å². The van der Waals surface area contributed by atoms with Gasteiger partial charge in [-0.05, 0) is 72.4 Å². The summed E-state index contributed by atoms with van der Waals surface area (Å²) in [6.45, 7) is 0. The standard InChI is InChI=1S/C38H29ClN2O5/c39-24-10-7-13-26(20-24)41-35(44)31-21-30-28(18-19-29-32(30)36(45)40(34(29)43)25-11-5-2-6-12-25)33(22-14-16-27(42)17-15-22)38(31,37(41)46)23-8-3-1-4-9-23/h1-18,20,29-33,42H,19,21H2. The molecule has 4 amide bonds. The van der Waals surface area contributed by atoms with E-state index < -0.39 is 35.0 Å². The minimum Gasteiger partial charge on any atom is -0.508 e. The number of aromatic hydroxyl groups is 1. The normalized spacial score (nSPS) is 28.5. The number of rotatable bonds is 4. The number of nitrogens with zero attached hydrogens (tertiary/aromatic N) is 2. The number of hydrogen-bond donors (Lipinski definition) is 1. The van der Waals surface area contributed by atoms with E-state index >= 15 is 4.79 Å². The average Bonchev–Trinajstić information content (AvgIpc) is 3.46. The monoisotopic (exact) mass is 628 g/mol. The maximum Gasteiger partial charge on any atom is 0.246 e. The lowest BCUT2D eigenvalue weighted by Crippen LogP contribution is -2.53. The Labute approximate surface area is 270 Å². The number of phenolic OH excluding ortho intramolecular Hbond substituents is 1. The molecule has 0 bridgehead atoms. The first kappa shape index (κ1) is 28.5. The van der Waals surface area contributed by atoms with Gasteiger partial charge in [-0.15, -0.1) is 0 Å². The van der Waals surface area contributed by atoms with E-state index in [-0.39, 0.29) is 35.8 Å². The van der Waals surface area contributed by atoms with E-state index in [4.69, 9.17) is 11.6 Å². The van der Waals surface area contributed by atoms with Gasteiger partial charge in [-0.2, -0.15) is 0 Å². The molecule has 2 aliphatic heterocycles. The van der Waals surface area contributed by atoms with Gasteiger partial charge in [0, 0.05) is 10.9 Å². The van der Waals surface area contributed by atoms with Crippen LogP contribution in [0.1, 0.15) is 29.9 Å². The van der Waals surface area contributed by atoms with Gasteiger partial charge in [0.05, 0.1) is 34.5 Å². The summed E-state index contributed by atoms with van der Waals surface area (Å²) in [6, 6.07) is 31.8. The highest BCUT2D eigenvalue weighted by molar-refractivity contribution is 6.32. The molecule has 4 aliphatic rings. The first-order valence-corrected chi connectivity index (χ1v) is 15.8. The second kappa shape index (κ2) is 10.5. The molecule has 3 fully saturated rings. The smallest absolute Gasteiger partial charge is 0.246 e. The summed E-state index contributed by atoms with van der Waals surface area (Å²) < 4.78 is 0. The van der Waals surface area contributed by atoms with Crippen molar-refractivity contribution in [2.45, 2.75) is 24.2 Å². The molecule has 8 rings (SSSR count). The van der Waals surface area contributed by atoms with Crippen LogP contribution in [-0.2, 0) is 24.6 Å². The van der Waals surface area contributed by atoms with Crippen LogP contribution in [0.4, 0.5) is 11.4 Å². The number of fused-ring (bicyclic) bond motifs is 4. The van der Waals surface area contributed by atoms with Crippen LogP contribution >= 0.6 is 11.6 Å². The van der Waals surface area contributed by atoms with E-state index in [9.17, 15) is 19.5 Å². The number of para-hydroxylation sites is 1. The van der Waals surface area contributed by atoms with Crippen molar-refractivity contribution in [1.29, 1.82) is 0 Å². The van der Waals surface area contributed by atoms with Gasteiger partial charge in [0.15, 0.2) is 0 Å². The third kappa shape index (κ3) is 3.91. The summed E-state index contributed by atoms with van der Waals surface area (Å²) in [7, 11) is 0. The van der Waals surface area contributed by atoms with Crippen molar-refractivity contribution in [3.05, 3.63) is 137 Å². The van der Waals surface area contributed by atoms with E-state index in [1.165, 1.54) is 9.80 Å². The Kier molecular flexibility index (Phi) is 6.51. The molecule has 2 aliphatic carbocycles. The van der Waals surface area contributed by atoms with Crippen molar-refractivity contribution >= 4 is 46.6 Å². The fraction of sp³-hybridized carbons (Fsp3) is 0.211. The Morgan fingerprint density at radius 2 is 1.37 bits per heavy atom. The number of imide groups is 2. The number of benzene rings is 4. The molecule has 1 saturated carbocycles. The highest BCUT2D eigenvalue weighted by Gasteiger charge is 2.70. The first-order valence-electron chi connectivity index (χ1n) is 15.4. The van der Waals surface area contributed by atoms with Gasteiger partial charge in [0.25, 0.3) is 0 Å². The summed E-state index contributed by atoms with van der Waals surface area (Å²) >= 11 is 6.36. The van der Waals surface area contributed by atoms with E-state index in [1.807, 2.05) is 42.5 Å². The Balaban J connectivity index is 1.35. The number of halogens is 1. The van der Waals surface area contributed by atoms with Crippen molar-refractivity contribution < 1.29 is 24.3 Å². The largest absolute Gasteiger partial charge is 0.508 e. The zero-order valence-corrected chi connectivity index (χ0v) is 25.4. The van der Waals surface area contributed by atoms with E-state index in [2.05, 4.69) is 0 Å². The molecule has 0 radical (unpaired) electrons. The zero-order chi connectivity index (χ0) is 31.7. The Morgan fingerprint density at radius 1 is 0.696 bits per heavy atom. The fourth-order valence-corrected chi connectivity index (χ4v) is 8.80. The maximum absolute atomic E-state index is 15.1. The fourth-order valence-electron chi connectivity index (χ4n) is 8.62. The molecule has 46 heavy (non-hydrogen) atoms. The van der Waals surface area contributed by atoms with Crippen LogP contribution in [0.25, 0.3) is 0 Å². The van der Waals surface area contributed by atoms with Crippen LogP contribution in [0.2, 0.25) is 5.02 Å². The van der Waals surface area contributed by atoms with Crippen molar-refractivity contribution in [2.24, 2.45) is 23.7 Å². The van der Waals surface area contributed by atoms with Crippen molar-refractivity contribution in [3.8, 4) is 5.75 Å². The van der Waals surface area contributed by atoms with Gasteiger partial charge in [0.2, 0.25) is 23.6 Å². The molecular formula is C38H29ClN2O5. The molecule has 2 heterocycles. The van der Waals surface area contributed by atoms with Crippen molar-refractivity contribution in [1.82, 2.24) is 0 Å². The Bertz CT molecular complexity index is 1940. The predicted molar refractivity (Wildman–Crippen MR) is 173 cm³/mol. The molecular weight excluding hydrogens is 600 g/mol. The maximum atomic E-state index is 15.1. The Hall–Kier alpha value is -5.01. The van der Waals surface area contributed by atoms with E-state index in [0.717, 1.165) is 11.1 Å². The Morgan fingerprint density at radius 3 is 2.07 bits per heavy atom. The van der Waals surface area contributed by atoms with Gasteiger partial charge >= 0.3 is 0 Å². The number of carbonyl (C=O) groups excluding carboxylic acids is 4. The SMILES string of the molecule is O=C1C2CC=C3C(CC4C(=O)N(c5cccc(Cl)c5)C(=O)C4(c4ccccc4)C3c3ccc(O)cc3)C2C(=O)N1c1ccccc1. The molecule has 228 valence electrons. The molecule has 8 heteroatoms. The average molecular weight is 629 g/mol. The lowest BCUT2D eigenvalue weighted by molar-refractivity contribution is -0.127. The molecule has 1 N–H and O–H groups in total. The first-order chi connectivity index (χ1) is 22.3. The number of amides is 4. The second-order valence-electron chi connectivity index (χ2n) is 12.5. The summed E-state index contributed by atoms with van der Waals surface area (Å²) in [5.74, 6) is -4.36. The van der Waals surface area contributed by atoms with E-state index in [0.29, 0.717) is 28.4 Å². The molecule has 7 nitrogen and oxygen atoms in total. The highest BCUT2D eigenvalue weighted by Crippen LogP contribution is 2.64. The highest BCUT2D eigenvalue weighted by atomic mass is 35.5. The molecule has 6 atom stereocenters. The zero-order valence-electron chi connectivity index (χ0n) is 24.6. The van der Waals surface area contributed by atoms with Crippen LogP contribution in [0.5, 0.6) is 5.75 Å². The van der Waals surface area contributed by atoms with Gasteiger partial charge in [0.1, 0.15) is 5.75 Å². The molecule has 4 aromatic carbocycles. The van der Waals surface area contributed by atoms with Gasteiger partial charge < -0.3 is 5.11 Å². The van der Waals surface area contributed by atoms with E-state index in [1.54, 1.807) is 72.8 Å². The predicted octanol–water partition coefficient (Wildman–Crippen LogP) is 6.41. The minimum atomic E-state index is -1.35. The van der Waals surface area contributed by atoms with Crippen LogP contribution in [0, 0.1) is 23.7 Å². The lowest BCUT2D eigenvalue weighted by Gasteiger charge is -2.50.